The fraction of sp³-hybridized carbons (Fsp3) is 0.929. The molecule has 0 aromatic heterocycles. The van der Waals surface area contributed by atoms with Crippen LogP contribution >= 0.6 is 0 Å². The minimum atomic E-state index is -0.616. The van der Waals surface area contributed by atoms with Crippen molar-refractivity contribution in [1.29, 1.82) is 0 Å². The number of Topliss-reactive ketones (excluding diaryl/α,β-unsaturated/α-hetero) is 1. The van der Waals surface area contributed by atoms with Crippen molar-refractivity contribution in [3.05, 3.63) is 0 Å². The highest BCUT2D eigenvalue weighted by atomic mass is 16.7. The van der Waals surface area contributed by atoms with Crippen LogP contribution in [0.5, 0.6) is 0 Å². The van der Waals surface area contributed by atoms with Gasteiger partial charge in [0.05, 0.1) is 19.6 Å². The lowest BCUT2D eigenvalue weighted by Gasteiger charge is -2.46. The summed E-state index contributed by atoms with van der Waals surface area (Å²) in [7, 11) is 4.02. The van der Waals surface area contributed by atoms with E-state index < -0.39 is 5.79 Å². The first-order valence-corrected chi connectivity index (χ1v) is 6.77. The van der Waals surface area contributed by atoms with Crippen molar-refractivity contribution in [1.82, 2.24) is 4.90 Å². The molecule has 1 saturated carbocycles. The molecule has 1 aliphatic heterocycles. The third-order valence-electron chi connectivity index (χ3n) is 3.81. The van der Waals surface area contributed by atoms with Gasteiger partial charge in [-0.2, -0.15) is 0 Å². The van der Waals surface area contributed by atoms with Gasteiger partial charge in [-0.05, 0) is 20.5 Å². The predicted octanol–water partition coefficient (Wildman–Crippen LogP) is 1.69. The van der Waals surface area contributed by atoms with E-state index in [4.69, 9.17) is 9.47 Å². The molecule has 1 aliphatic carbocycles. The fourth-order valence-corrected chi connectivity index (χ4v) is 2.67. The van der Waals surface area contributed by atoms with Gasteiger partial charge in [0.2, 0.25) is 0 Å². The molecule has 1 unspecified atom stereocenters. The van der Waals surface area contributed by atoms with Gasteiger partial charge in [0.15, 0.2) is 5.79 Å². The van der Waals surface area contributed by atoms with E-state index >= 15 is 0 Å². The predicted molar refractivity (Wildman–Crippen MR) is 69.3 cm³/mol. The average molecular weight is 255 g/mol. The number of rotatable bonds is 2. The third-order valence-corrected chi connectivity index (χ3v) is 3.81. The van der Waals surface area contributed by atoms with Crippen LogP contribution in [0.1, 0.15) is 33.1 Å². The number of carbonyl (C=O) groups is 1. The molecule has 0 N–H and O–H groups in total. The Morgan fingerprint density at radius 3 is 2.39 bits per heavy atom. The summed E-state index contributed by atoms with van der Waals surface area (Å²) in [6.07, 6.45) is 2.13. The molecule has 2 fully saturated rings. The monoisotopic (exact) mass is 255 g/mol. The van der Waals surface area contributed by atoms with Crippen LogP contribution in [0.3, 0.4) is 0 Å². The average Bonchev–Trinajstić information content (AvgIpc) is 2.27. The Morgan fingerprint density at radius 2 is 1.89 bits per heavy atom. The molecule has 18 heavy (non-hydrogen) atoms. The van der Waals surface area contributed by atoms with Gasteiger partial charge in [-0.15, -0.1) is 0 Å². The van der Waals surface area contributed by atoms with Gasteiger partial charge in [-0.3, -0.25) is 4.79 Å². The molecule has 1 spiro atoms. The number of nitrogens with zero attached hydrogens (tertiary/aromatic N) is 1. The fourth-order valence-electron chi connectivity index (χ4n) is 2.67. The summed E-state index contributed by atoms with van der Waals surface area (Å²) < 4.78 is 11.8. The maximum absolute atomic E-state index is 12.2. The first-order valence-electron chi connectivity index (χ1n) is 6.77. The van der Waals surface area contributed by atoms with Crippen LogP contribution in [0.25, 0.3) is 0 Å². The maximum Gasteiger partial charge on any atom is 0.175 e. The minimum Gasteiger partial charge on any atom is -0.349 e. The second kappa shape index (κ2) is 4.91. The van der Waals surface area contributed by atoms with Gasteiger partial charge < -0.3 is 14.4 Å². The first-order chi connectivity index (χ1) is 8.32. The molecule has 0 radical (unpaired) electrons. The highest BCUT2D eigenvalue weighted by molar-refractivity contribution is 5.82. The molecule has 0 amide bonds. The van der Waals surface area contributed by atoms with Gasteiger partial charge in [-0.1, -0.05) is 13.8 Å². The van der Waals surface area contributed by atoms with Gasteiger partial charge in [0.1, 0.15) is 5.78 Å². The lowest BCUT2D eigenvalue weighted by atomic mass is 9.82. The topological polar surface area (TPSA) is 38.8 Å². The largest absolute Gasteiger partial charge is 0.349 e. The Labute approximate surface area is 110 Å². The van der Waals surface area contributed by atoms with E-state index in [1.165, 1.54) is 0 Å². The van der Waals surface area contributed by atoms with Gasteiger partial charge in [-0.25, -0.2) is 0 Å². The van der Waals surface area contributed by atoms with Crippen molar-refractivity contribution < 1.29 is 14.3 Å². The number of hydrogen-bond donors (Lipinski definition) is 0. The molecule has 4 nitrogen and oxygen atoms in total. The van der Waals surface area contributed by atoms with Crippen LogP contribution in [0, 0.1) is 11.3 Å². The smallest absolute Gasteiger partial charge is 0.175 e. The van der Waals surface area contributed by atoms with Crippen LogP contribution in [-0.2, 0) is 14.3 Å². The second-order valence-electron chi connectivity index (χ2n) is 6.79. The molecule has 1 saturated heterocycles. The molecule has 104 valence electrons. The SMILES string of the molecule is CN(C)CC1CCC2(CC1=O)OCC(C)(C)CO2. The minimum absolute atomic E-state index is 0.0643. The van der Waals surface area contributed by atoms with Crippen LogP contribution in [-0.4, -0.2) is 50.3 Å². The summed E-state index contributed by atoms with van der Waals surface area (Å²) in [5.74, 6) is -0.183. The number of carbonyl (C=O) groups excluding carboxylic acids is 1. The molecule has 2 rings (SSSR count). The van der Waals surface area contributed by atoms with Crippen molar-refractivity contribution in [2.45, 2.75) is 38.9 Å². The van der Waals surface area contributed by atoms with Crippen LogP contribution in [0.15, 0.2) is 0 Å². The first kappa shape index (κ1) is 14.0. The zero-order chi connectivity index (χ0) is 13.4. The lowest BCUT2D eigenvalue weighted by molar-refractivity contribution is -0.306. The zero-order valence-corrected chi connectivity index (χ0v) is 12.0. The van der Waals surface area contributed by atoms with Crippen molar-refractivity contribution >= 4 is 5.78 Å². The van der Waals surface area contributed by atoms with Crippen LogP contribution in [0.4, 0.5) is 0 Å². The molecule has 1 atom stereocenters. The van der Waals surface area contributed by atoms with Crippen molar-refractivity contribution in [3.63, 3.8) is 0 Å². The molecule has 4 heteroatoms. The Bertz CT molecular complexity index is 315. The molecule has 0 aromatic carbocycles. The summed E-state index contributed by atoms with van der Waals surface area (Å²) in [5.41, 5.74) is 0.0643. The van der Waals surface area contributed by atoms with E-state index in [0.29, 0.717) is 19.6 Å². The molecule has 1 heterocycles. The Kier molecular flexibility index (Phi) is 3.81. The Morgan fingerprint density at radius 1 is 1.28 bits per heavy atom. The Balaban J connectivity index is 1.94. The molecule has 0 aromatic rings. The zero-order valence-electron chi connectivity index (χ0n) is 12.0. The number of ketones is 1. The van der Waals surface area contributed by atoms with Crippen LogP contribution in [0.2, 0.25) is 0 Å². The summed E-state index contributed by atoms with van der Waals surface area (Å²) in [5, 5.41) is 0. The van der Waals surface area contributed by atoms with Crippen molar-refractivity contribution in [3.8, 4) is 0 Å². The lowest BCUT2D eigenvalue weighted by Crippen LogP contribution is -2.52. The molecule has 2 aliphatic rings. The number of ether oxygens (including phenoxy) is 2. The molecule has 0 bridgehead atoms. The summed E-state index contributed by atoms with van der Waals surface area (Å²) in [6, 6.07) is 0. The van der Waals surface area contributed by atoms with Crippen molar-refractivity contribution in [2.75, 3.05) is 33.9 Å². The standard InChI is InChI=1S/C14H25NO3/c1-13(2)9-17-14(18-10-13)6-5-11(8-15(3)4)12(16)7-14/h11H,5-10H2,1-4H3. The van der Waals surface area contributed by atoms with E-state index in [9.17, 15) is 4.79 Å². The molecular formula is C14H25NO3. The second-order valence-corrected chi connectivity index (χ2v) is 6.79. The van der Waals surface area contributed by atoms with Gasteiger partial charge in [0, 0.05) is 24.3 Å². The van der Waals surface area contributed by atoms with Gasteiger partial charge >= 0.3 is 0 Å². The van der Waals surface area contributed by atoms with E-state index in [1.807, 2.05) is 14.1 Å². The maximum atomic E-state index is 12.2. The van der Waals surface area contributed by atoms with E-state index in [-0.39, 0.29) is 17.1 Å². The molecular weight excluding hydrogens is 230 g/mol. The highest BCUT2D eigenvalue weighted by Gasteiger charge is 2.46. The van der Waals surface area contributed by atoms with Gasteiger partial charge in [0.25, 0.3) is 0 Å². The van der Waals surface area contributed by atoms with E-state index in [2.05, 4.69) is 18.7 Å². The highest BCUT2D eigenvalue weighted by Crippen LogP contribution is 2.39. The Hall–Kier alpha value is -0.450. The summed E-state index contributed by atoms with van der Waals surface area (Å²) in [6.45, 7) is 6.44. The van der Waals surface area contributed by atoms with E-state index in [1.54, 1.807) is 0 Å². The normalized spacial score (nSPS) is 30.9. The summed E-state index contributed by atoms with van der Waals surface area (Å²) in [4.78, 5) is 14.3. The quantitative estimate of drug-likeness (QED) is 0.752. The van der Waals surface area contributed by atoms with Crippen molar-refractivity contribution in [2.24, 2.45) is 11.3 Å². The summed E-state index contributed by atoms with van der Waals surface area (Å²) >= 11 is 0. The number of hydrogen-bond acceptors (Lipinski definition) is 4. The van der Waals surface area contributed by atoms with E-state index in [0.717, 1.165) is 19.4 Å². The van der Waals surface area contributed by atoms with Crippen LogP contribution < -0.4 is 0 Å². The third kappa shape index (κ3) is 3.11.